The van der Waals surface area contributed by atoms with Gasteiger partial charge in [-0.25, -0.2) is 0 Å². The minimum Gasteiger partial charge on any atom is -0.388 e. The number of carbonyl (C=O) groups excluding carboxylic acids is 1. The summed E-state index contributed by atoms with van der Waals surface area (Å²) in [5.74, 6) is 0.367. The summed E-state index contributed by atoms with van der Waals surface area (Å²) < 4.78 is 0. The molecule has 1 fully saturated rings. The Kier molecular flexibility index (Phi) is 4.83. The number of amides is 1. The second kappa shape index (κ2) is 6.85. The molecule has 3 rings (SSSR count). The van der Waals surface area contributed by atoms with E-state index in [1.54, 1.807) is 11.3 Å². The monoisotopic (exact) mass is 329 g/mol. The summed E-state index contributed by atoms with van der Waals surface area (Å²) in [6.45, 7) is 5.50. The standard InChI is InChI=1S/C19H23NO2S/c1-13-12-17(14(2)23-13)19(22)20-10-8-16(9-11-20)18(21)15-6-4-3-5-7-15/h3-7,12,16,18,21H,8-11H2,1-2H3. The molecular weight excluding hydrogens is 306 g/mol. The Balaban J connectivity index is 1.62. The lowest BCUT2D eigenvalue weighted by Crippen LogP contribution is -2.39. The van der Waals surface area contributed by atoms with Crippen LogP contribution in [0, 0.1) is 19.8 Å². The van der Waals surface area contributed by atoms with E-state index < -0.39 is 6.10 Å². The van der Waals surface area contributed by atoms with Crippen molar-refractivity contribution in [1.82, 2.24) is 4.90 Å². The first-order chi connectivity index (χ1) is 11.1. The highest BCUT2D eigenvalue weighted by molar-refractivity contribution is 7.12. The number of rotatable bonds is 3. The van der Waals surface area contributed by atoms with Crippen LogP contribution in [-0.2, 0) is 0 Å². The molecule has 1 atom stereocenters. The van der Waals surface area contributed by atoms with Gasteiger partial charge in [-0.05, 0) is 44.2 Å². The lowest BCUT2D eigenvalue weighted by Gasteiger charge is -2.34. The van der Waals surface area contributed by atoms with E-state index in [0.29, 0.717) is 0 Å². The Morgan fingerprint density at radius 3 is 2.43 bits per heavy atom. The maximum absolute atomic E-state index is 12.7. The summed E-state index contributed by atoms with van der Waals surface area (Å²) in [6, 6.07) is 11.8. The van der Waals surface area contributed by atoms with Crippen molar-refractivity contribution in [3.05, 3.63) is 57.3 Å². The molecule has 2 aromatic rings. The number of nitrogens with zero attached hydrogens (tertiary/aromatic N) is 1. The van der Waals surface area contributed by atoms with Crippen molar-refractivity contribution in [3.8, 4) is 0 Å². The second-order valence-electron chi connectivity index (χ2n) is 6.31. The van der Waals surface area contributed by atoms with Crippen LogP contribution in [0.5, 0.6) is 0 Å². The average Bonchev–Trinajstić information content (AvgIpc) is 2.93. The Morgan fingerprint density at radius 2 is 1.87 bits per heavy atom. The van der Waals surface area contributed by atoms with E-state index in [1.165, 1.54) is 4.88 Å². The molecule has 1 aliphatic heterocycles. The molecule has 0 spiro atoms. The average molecular weight is 329 g/mol. The van der Waals surface area contributed by atoms with Crippen LogP contribution in [0.15, 0.2) is 36.4 Å². The number of likely N-dealkylation sites (tertiary alicyclic amines) is 1. The van der Waals surface area contributed by atoms with Crippen molar-refractivity contribution < 1.29 is 9.90 Å². The van der Waals surface area contributed by atoms with Gasteiger partial charge < -0.3 is 10.0 Å². The number of aliphatic hydroxyl groups excluding tert-OH is 1. The van der Waals surface area contributed by atoms with Gasteiger partial charge in [-0.3, -0.25) is 4.79 Å². The number of piperidine rings is 1. The van der Waals surface area contributed by atoms with E-state index in [1.807, 2.05) is 55.1 Å². The fourth-order valence-corrected chi connectivity index (χ4v) is 4.27. The highest BCUT2D eigenvalue weighted by Gasteiger charge is 2.29. The van der Waals surface area contributed by atoms with Crippen molar-refractivity contribution in [3.63, 3.8) is 0 Å². The number of aryl methyl sites for hydroxylation is 2. The fraction of sp³-hybridized carbons (Fsp3) is 0.421. The molecule has 1 unspecified atom stereocenters. The first-order valence-electron chi connectivity index (χ1n) is 8.15. The van der Waals surface area contributed by atoms with Crippen LogP contribution in [0.4, 0.5) is 0 Å². The summed E-state index contributed by atoms with van der Waals surface area (Å²) in [5, 5.41) is 10.5. The number of benzene rings is 1. The molecule has 1 N–H and O–H groups in total. The molecule has 1 aromatic carbocycles. The van der Waals surface area contributed by atoms with Gasteiger partial charge in [0.25, 0.3) is 5.91 Å². The Bertz CT molecular complexity index is 672. The topological polar surface area (TPSA) is 40.5 Å². The predicted octanol–water partition coefficient (Wildman–Crippen LogP) is 3.95. The fourth-order valence-electron chi connectivity index (χ4n) is 3.35. The Labute approximate surface area is 141 Å². The van der Waals surface area contributed by atoms with Crippen molar-refractivity contribution >= 4 is 17.2 Å². The van der Waals surface area contributed by atoms with E-state index in [0.717, 1.165) is 41.9 Å². The number of carbonyl (C=O) groups is 1. The zero-order valence-corrected chi connectivity index (χ0v) is 14.5. The van der Waals surface area contributed by atoms with Crippen molar-refractivity contribution in [2.24, 2.45) is 5.92 Å². The molecule has 0 saturated carbocycles. The van der Waals surface area contributed by atoms with Gasteiger partial charge in [0, 0.05) is 22.8 Å². The van der Waals surface area contributed by atoms with Crippen LogP contribution in [0.3, 0.4) is 0 Å². The SMILES string of the molecule is Cc1cc(C(=O)N2CCC(C(O)c3ccccc3)CC2)c(C)s1. The van der Waals surface area contributed by atoms with Gasteiger partial charge in [-0.15, -0.1) is 11.3 Å². The molecule has 23 heavy (non-hydrogen) atoms. The number of hydrogen-bond acceptors (Lipinski definition) is 3. The minimum absolute atomic E-state index is 0.138. The third kappa shape index (κ3) is 3.48. The van der Waals surface area contributed by atoms with Gasteiger partial charge in [0.15, 0.2) is 0 Å². The molecule has 0 bridgehead atoms. The Hall–Kier alpha value is -1.65. The molecule has 1 saturated heterocycles. The minimum atomic E-state index is -0.432. The Morgan fingerprint density at radius 1 is 1.22 bits per heavy atom. The molecule has 1 amide bonds. The largest absolute Gasteiger partial charge is 0.388 e. The molecule has 122 valence electrons. The highest BCUT2D eigenvalue weighted by atomic mass is 32.1. The smallest absolute Gasteiger partial charge is 0.254 e. The summed E-state index contributed by atoms with van der Waals surface area (Å²) in [4.78, 5) is 16.9. The van der Waals surface area contributed by atoms with Gasteiger partial charge in [0.2, 0.25) is 0 Å². The predicted molar refractivity (Wildman–Crippen MR) is 93.8 cm³/mol. The second-order valence-corrected chi connectivity index (χ2v) is 7.77. The molecule has 3 nitrogen and oxygen atoms in total. The van der Waals surface area contributed by atoms with Crippen LogP contribution >= 0.6 is 11.3 Å². The first-order valence-corrected chi connectivity index (χ1v) is 8.97. The lowest BCUT2D eigenvalue weighted by molar-refractivity contribution is 0.0462. The summed E-state index contributed by atoms with van der Waals surface area (Å²) in [7, 11) is 0. The lowest BCUT2D eigenvalue weighted by atomic mass is 9.87. The molecule has 4 heteroatoms. The summed E-state index contributed by atoms with van der Waals surface area (Å²) in [5.41, 5.74) is 1.82. The third-order valence-electron chi connectivity index (χ3n) is 4.69. The van der Waals surface area contributed by atoms with Crippen molar-refractivity contribution in [2.75, 3.05) is 13.1 Å². The normalized spacial score (nSPS) is 17.3. The molecule has 2 heterocycles. The molecule has 0 aliphatic carbocycles. The number of thiophene rings is 1. The van der Waals surface area contributed by atoms with Crippen LogP contribution in [0.1, 0.15) is 44.6 Å². The third-order valence-corrected chi connectivity index (χ3v) is 5.65. The van der Waals surface area contributed by atoms with Crippen LogP contribution in [0.2, 0.25) is 0 Å². The van der Waals surface area contributed by atoms with Crippen molar-refractivity contribution in [2.45, 2.75) is 32.8 Å². The number of aliphatic hydroxyl groups is 1. The molecular formula is C19H23NO2S. The zero-order valence-electron chi connectivity index (χ0n) is 13.7. The van der Waals surface area contributed by atoms with Gasteiger partial charge in [0.05, 0.1) is 11.7 Å². The summed E-state index contributed by atoms with van der Waals surface area (Å²) in [6.07, 6.45) is 1.27. The van der Waals surface area contributed by atoms with E-state index in [-0.39, 0.29) is 11.8 Å². The molecule has 1 aliphatic rings. The first kappa shape index (κ1) is 16.2. The van der Waals surface area contributed by atoms with Gasteiger partial charge in [-0.1, -0.05) is 30.3 Å². The summed E-state index contributed by atoms with van der Waals surface area (Å²) >= 11 is 1.68. The van der Waals surface area contributed by atoms with Gasteiger partial charge >= 0.3 is 0 Å². The van der Waals surface area contributed by atoms with Gasteiger partial charge in [0.1, 0.15) is 0 Å². The van der Waals surface area contributed by atoms with Crippen LogP contribution in [0.25, 0.3) is 0 Å². The van der Waals surface area contributed by atoms with E-state index >= 15 is 0 Å². The van der Waals surface area contributed by atoms with E-state index in [2.05, 4.69) is 0 Å². The van der Waals surface area contributed by atoms with Crippen LogP contribution in [-0.4, -0.2) is 29.0 Å². The molecule has 0 radical (unpaired) electrons. The zero-order chi connectivity index (χ0) is 16.4. The van der Waals surface area contributed by atoms with Crippen LogP contribution < -0.4 is 0 Å². The molecule has 1 aromatic heterocycles. The van der Waals surface area contributed by atoms with Gasteiger partial charge in [-0.2, -0.15) is 0 Å². The maximum atomic E-state index is 12.7. The van der Waals surface area contributed by atoms with E-state index in [4.69, 9.17) is 0 Å². The maximum Gasteiger partial charge on any atom is 0.254 e. The number of hydrogen-bond donors (Lipinski definition) is 1. The quantitative estimate of drug-likeness (QED) is 0.926. The van der Waals surface area contributed by atoms with Crippen molar-refractivity contribution in [1.29, 1.82) is 0 Å². The highest BCUT2D eigenvalue weighted by Crippen LogP contribution is 2.31. The van der Waals surface area contributed by atoms with E-state index in [9.17, 15) is 9.90 Å².